The molecule has 0 bridgehead atoms. The Bertz CT molecular complexity index is 662. The van der Waals surface area contributed by atoms with Crippen LogP contribution in [0.25, 0.3) is 0 Å². The van der Waals surface area contributed by atoms with Gasteiger partial charge in [0.05, 0.1) is 19.1 Å². The van der Waals surface area contributed by atoms with Gasteiger partial charge in [0.25, 0.3) is 0 Å². The van der Waals surface area contributed by atoms with Gasteiger partial charge in [0.15, 0.2) is 0 Å². The molecule has 0 aromatic carbocycles. The summed E-state index contributed by atoms with van der Waals surface area (Å²) in [6.07, 6.45) is 1.94. The fourth-order valence-corrected chi connectivity index (χ4v) is 2.84. The summed E-state index contributed by atoms with van der Waals surface area (Å²) in [7, 11) is 0. The van der Waals surface area contributed by atoms with E-state index >= 15 is 0 Å². The predicted molar refractivity (Wildman–Crippen MR) is 118 cm³/mol. The number of rotatable bonds is 18. The van der Waals surface area contributed by atoms with E-state index in [1.807, 2.05) is 0 Å². The Kier molecular flexibility index (Phi) is 15.3. The summed E-state index contributed by atoms with van der Waals surface area (Å²) in [6, 6.07) is -5.08. The zero-order valence-electron chi connectivity index (χ0n) is 18.6. The average Bonchev–Trinajstić information content (AvgIpc) is 2.75. The van der Waals surface area contributed by atoms with Gasteiger partial charge in [0.1, 0.15) is 18.1 Å². The molecular weight excluding hydrogens is 438 g/mol. The molecule has 33 heavy (non-hydrogen) atoms. The molecule has 0 radical (unpaired) electrons. The van der Waals surface area contributed by atoms with Crippen LogP contribution < -0.4 is 38.9 Å². The highest BCUT2D eigenvalue weighted by Gasteiger charge is 2.30. The number of aliphatic hydroxyl groups is 1. The highest BCUT2D eigenvalue weighted by atomic mass is 16.4. The van der Waals surface area contributed by atoms with Crippen LogP contribution in [0.3, 0.4) is 0 Å². The van der Waals surface area contributed by atoms with Crippen molar-refractivity contribution in [3.63, 3.8) is 0 Å². The maximum Gasteiger partial charge on any atom is 0.326 e. The molecule has 14 heteroatoms. The van der Waals surface area contributed by atoms with Gasteiger partial charge in [0.2, 0.25) is 23.6 Å². The molecule has 14 nitrogen and oxygen atoms in total. The molecule has 0 aromatic rings. The number of aliphatic hydroxyl groups excluding tert-OH is 1. The van der Waals surface area contributed by atoms with Crippen molar-refractivity contribution in [3.8, 4) is 0 Å². The predicted octanol–water partition coefficient (Wildman–Crippen LogP) is -4.02. The molecular formula is C19H37N7O7. The van der Waals surface area contributed by atoms with Crippen LogP contribution in [0.15, 0.2) is 0 Å². The topological polar surface area (TPSA) is 266 Å². The van der Waals surface area contributed by atoms with E-state index < -0.39 is 66.8 Å². The van der Waals surface area contributed by atoms with Gasteiger partial charge in [-0.3, -0.25) is 19.2 Å². The zero-order valence-corrected chi connectivity index (χ0v) is 18.6. The van der Waals surface area contributed by atoms with Gasteiger partial charge in [0, 0.05) is 0 Å². The Labute approximate surface area is 192 Å². The van der Waals surface area contributed by atoms with E-state index in [0.29, 0.717) is 38.8 Å². The van der Waals surface area contributed by atoms with E-state index in [0.717, 1.165) is 0 Å². The molecule has 4 unspecified atom stereocenters. The molecule has 0 heterocycles. The summed E-state index contributed by atoms with van der Waals surface area (Å²) < 4.78 is 0. The first-order chi connectivity index (χ1) is 15.6. The van der Waals surface area contributed by atoms with Crippen LogP contribution in [0.2, 0.25) is 0 Å². The number of hydrogen-bond acceptors (Lipinski definition) is 9. The van der Waals surface area contributed by atoms with Gasteiger partial charge in [-0.05, 0) is 51.6 Å². The number of carboxylic acids is 1. The molecule has 0 rings (SSSR count). The number of carbonyl (C=O) groups is 5. The smallest absolute Gasteiger partial charge is 0.326 e. The summed E-state index contributed by atoms with van der Waals surface area (Å²) in [6.45, 7) is -0.0730. The normalized spacial score (nSPS) is 14.4. The Balaban J connectivity index is 5.24. The first-order valence-electron chi connectivity index (χ1n) is 10.8. The summed E-state index contributed by atoms with van der Waals surface area (Å²) in [5.74, 6) is -4.55. The lowest BCUT2D eigenvalue weighted by atomic mass is 10.1. The fraction of sp³-hybridized carbons (Fsp3) is 0.737. The Morgan fingerprint density at radius 2 is 1.18 bits per heavy atom. The number of carboxylic acid groups (broad SMARTS) is 1. The van der Waals surface area contributed by atoms with Crippen LogP contribution in [0.1, 0.15) is 44.9 Å². The molecule has 0 saturated heterocycles. The molecule has 4 amide bonds. The first kappa shape index (κ1) is 30.2. The summed E-state index contributed by atoms with van der Waals surface area (Å²) in [4.78, 5) is 59.7. The molecule has 0 aliphatic heterocycles. The van der Waals surface area contributed by atoms with Gasteiger partial charge >= 0.3 is 5.97 Å². The van der Waals surface area contributed by atoms with Gasteiger partial charge < -0.3 is 49.1 Å². The number of hydrogen-bond donors (Lipinski definition) is 9. The van der Waals surface area contributed by atoms with Crippen molar-refractivity contribution >= 4 is 29.6 Å². The molecule has 0 fully saturated rings. The minimum absolute atomic E-state index is 0.150. The van der Waals surface area contributed by atoms with Gasteiger partial charge in [-0.15, -0.1) is 0 Å². The minimum Gasteiger partial charge on any atom is -0.480 e. The van der Waals surface area contributed by atoms with Crippen molar-refractivity contribution in [2.45, 2.75) is 69.1 Å². The maximum absolute atomic E-state index is 12.7. The number of unbranched alkanes of at least 4 members (excludes halogenated alkanes) is 2. The second-order valence-corrected chi connectivity index (χ2v) is 7.55. The lowest BCUT2D eigenvalue weighted by Crippen LogP contribution is -2.58. The summed E-state index contributed by atoms with van der Waals surface area (Å²) >= 11 is 0. The lowest BCUT2D eigenvalue weighted by molar-refractivity contribution is -0.142. The van der Waals surface area contributed by atoms with E-state index in [4.69, 9.17) is 22.9 Å². The third-order valence-corrected chi connectivity index (χ3v) is 4.71. The summed E-state index contributed by atoms with van der Waals surface area (Å²) in [5, 5.41) is 25.9. The Morgan fingerprint density at radius 1 is 0.727 bits per heavy atom. The number of primary amides is 1. The highest BCUT2D eigenvalue weighted by Crippen LogP contribution is 2.06. The molecule has 0 saturated carbocycles. The van der Waals surface area contributed by atoms with Crippen molar-refractivity contribution in [1.29, 1.82) is 0 Å². The average molecular weight is 476 g/mol. The van der Waals surface area contributed by atoms with Crippen molar-refractivity contribution in [1.82, 2.24) is 16.0 Å². The number of carbonyl (C=O) groups excluding carboxylic acids is 4. The van der Waals surface area contributed by atoms with E-state index in [1.165, 1.54) is 0 Å². The van der Waals surface area contributed by atoms with Crippen molar-refractivity contribution in [2.24, 2.45) is 22.9 Å². The van der Waals surface area contributed by atoms with Crippen LogP contribution in [0.5, 0.6) is 0 Å². The molecule has 190 valence electrons. The SMILES string of the molecule is NCCCCC(NC(=O)C(CCCCN)NC(=O)C(CO)NC(=O)C(N)CC(N)=O)C(=O)O. The van der Waals surface area contributed by atoms with E-state index in [2.05, 4.69) is 16.0 Å². The minimum atomic E-state index is -1.46. The van der Waals surface area contributed by atoms with Gasteiger partial charge in [-0.1, -0.05) is 0 Å². The standard InChI is InChI=1S/C19H37N7O7/c20-7-3-1-5-12(17(30)25-13(19(32)33)6-2-4-8-21)24-18(31)14(10-27)26-16(29)11(22)9-15(23)28/h11-14,27H,1-10,20-22H2,(H2,23,28)(H,24,31)(H,25,30)(H,26,29)(H,32,33). The van der Waals surface area contributed by atoms with E-state index in [9.17, 15) is 34.2 Å². The lowest BCUT2D eigenvalue weighted by Gasteiger charge is -2.24. The number of nitrogens with two attached hydrogens (primary N) is 4. The van der Waals surface area contributed by atoms with Crippen LogP contribution in [-0.2, 0) is 24.0 Å². The Morgan fingerprint density at radius 3 is 1.64 bits per heavy atom. The maximum atomic E-state index is 12.7. The highest BCUT2D eigenvalue weighted by molar-refractivity contribution is 5.95. The third kappa shape index (κ3) is 12.7. The van der Waals surface area contributed by atoms with E-state index in [1.54, 1.807) is 0 Å². The van der Waals surface area contributed by atoms with Gasteiger partial charge in [-0.25, -0.2) is 4.79 Å². The molecule has 13 N–H and O–H groups in total. The van der Waals surface area contributed by atoms with Gasteiger partial charge in [-0.2, -0.15) is 0 Å². The Hall–Kier alpha value is -2.81. The van der Waals surface area contributed by atoms with Crippen LogP contribution in [0.4, 0.5) is 0 Å². The number of amides is 4. The fourth-order valence-electron chi connectivity index (χ4n) is 2.84. The second kappa shape index (κ2) is 16.8. The second-order valence-electron chi connectivity index (χ2n) is 7.55. The zero-order chi connectivity index (χ0) is 25.4. The molecule has 4 atom stereocenters. The van der Waals surface area contributed by atoms with Crippen LogP contribution in [-0.4, -0.2) is 83.7 Å². The largest absolute Gasteiger partial charge is 0.480 e. The molecule has 0 aliphatic rings. The van der Waals surface area contributed by atoms with Crippen molar-refractivity contribution in [2.75, 3.05) is 19.7 Å². The van der Waals surface area contributed by atoms with E-state index in [-0.39, 0.29) is 12.8 Å². The molecule has 0 aliphatic carbocycles. The number of nitrogens with one attached hydrogen (secondary N) is 3. The molecule has 0 aromatic heterocycles. The quantitative estimate of drug-likeness (QED) is 0.0866. The van der Waals surface area contributed by atoms with Crippen molar-refractivity contribution in [3.05, 3.63) is 0 Å². The summed E-state index contributed by atoms with van der Waals surface area (Å²) in [5.41, 5.74) is 21.4. The van der Waals surface area contributed by atoms with Crippen LogP contribution >= 0.6 is 0 Å². The first-order valence-corrected chi connectivity index (χ1v) is 10.8. The van der Waals surface area contributed by atoms with Crippen LogP contribution in [0, 0.1) is 0 Å². The van der Waals surface area contributed by atoms with Crippen molar-refractivity contribution < 1.29 is 34.2 Å². The number of aliphatic carboxylic acids is 1. The monoisotopic (exact) mass is 475 g/mol. The third-order valence-electron chi connectivity index (χ3n) is 4.71. The molecule has 0 spiro atoms.